The molecule has 0 radical (unpaired) electrons. The highest BCUT2D eigenvalue weighted by atomic mass is 32.2. The zero-order chi connectivity index (χ0) is 12.9. The minimum atomic E-state index is 0.748. The van der Waals surface area contributed by atoms with Gasteiger partial charge in [-0.05, 0) is 55.8 Å². The van der Waals surface area contributed by atoms with Crippen LogP contribution in [0.25, 0.3) is 0 Å². The highest BCUT2D eigenvalue weighted by Crippen LogP contribution is 2.20. The third kappa shape index (κ3) is 3.94. The molecule has 0 saturated carbocycles. The summed E-state index contributed by atoms with van der Waals surface area (Å²) in [7, 11) is 0. The molecule has 2 saturated heterocycles. The van der Waals surface area contributed by atoms with Crippen molar-refractivity contribution in [2.24, 2.45) is 0 Å². The average molecular weight is 277 g/mol. The van der Waals surface area contributed by atoms with Crippen LogP contribution in [0.4, 0.5) is 0 Å². The maximum absolute atomic E-state index is 4.08. The Morgan fingerprint density at radius 2 is 1.95 bits per heavy atom. The van der Waals surface area contributed by atoms with Crippen molar-refractivity contribution < 1.29 is 0 Å². The predicted molar refractivity (Wildman–Crippen MR) is 81.4 cm³/mol. The van der Waals surface area contributed by atoms with E-state index in [9.17, 15) is 0 Å². The minimum absolute atomic E-state index is 0.748. The smallest absolute Gasteiger partial charge is 0.0271 e. The van der Waals surface area contributed by atoms with E-state index < -0.39 is 0 Å². The Balaban J connectivity index is 1.41. The molecule has 104 valence electrons. The van der Waals surface area contributed by atoms with Crippen molar-refractivity contribution in [3.63, 3.8) is 0 Å². The molecule has 2 aliphatic heterocycles. The Labute approximate surface area is 120 Å². The van der Waals surface area contributed by atoms with Gasteiger partial charge >= 0.3 is 0 Å². The Bertz CT molecular complexity index is 370. The Morgan fingerprint density at radius 3 is 2.63 bits per heavy atom. The van der Waals surface area contributed by atoms with Crippen LogP contribution in [0.3, 0.4) is 0 Å². The lowest BCUT2D eigenvalue weighted by atomic mass is 10.0. The summed E-state index contributed by atoms with van der Waals surface area (Å²) in [5.74, 6) is 2.66. The van der Waals surface area contributed by atoms with Crippen molar-refractivity contribution in [1.82, 2.24) is 15.2 Å². The van der Waals surface area contributed by atoms with Crippen molar-refractivity contribution in [3.05, 3.63) is 30.1 Å². The molecule has 0 aliphatic carbocycles. The van der Waals surface area contributed by atoms with E-state index in [1.807, 2.05) is 12.4 Å². The van der Waals surface area contributed by atoms with Gasteiger partial charge in [0.05, 0.1) is 0 Å². The Morgan fingerprint density at radius 1 is 1.16 bits per heavy atom. The molecular weight excluding hydrogens is 254 g/mol. The summed E-state index contributed by atoms with van der Waals surface area (Å²) in [6.07, 6.45) is 7.74. The van der Waals surface area contributed by atoms with Gasteiger partial charge in [-0.2, -0.15) is 11.8 Å². The largest absolute Gasteiger partial charge is 0.310 e. The summed E-state index contributed by atoms with van der Waals surface area (Å²) in [4.78, 5) is 6.64. The second-order valence-corrected chi connectivity index (χ2v) is 6.78. The first kappa shape index (κ1) is 13.4. The fraction of sp³-hybridized carbons (Fsp3) is 0.667. The summed E-state index contributed by atoms with van der Waals surface area (Å²) in [5, 5.41) is 3.84. The molecule has 1 aromatic rings. The molecule has 2 aliphatic rings. The van der Waals surface area contributed by atoms with Crippen molar-refractivity contribution in [2.45, 2.75) is 37.9 Å². The van der Waals surface area contributed by atoms with Crippen LogP contribution in [-0.2, 0) is 6.54 Å². The van der Waals surface area contributed by atoms with Crippen molar-refractivity contribution >= 4 is 11.8 Å². The number of aromatic nitrogens is 1. The second-order valence-electron chi connectivity index (χ2n) is 5.63. The van der Waals surface area contributed by atoms with E-state index >= 15 is 0 Å². The van der Waals surface area contributed by atoms with Crippen LogP contribution in [-0.4, -0.2) is 46.6 Å². The molecule has 0 amide bonds. The van der Waals surface area contributed by atoms with Crippen molar-refractivity contribution in [3.8, 4) is 0 Å². The number of rotatable bonds is 4. The Kier molecular flexibility index (Phi) is 4.75. The van der Waals surface area contributed by atoms with Crippen LogP contribution in [0, 0.1) is 0 Å². The molecule has 1 unspecified atom stereocenters. The third-order valence-electron chi connectivity index (χ3n) is 4.14. The van der Waals surface area contributed by atoms with Crippen LogP contribution >= 0.6 is 11.8 Å². The fourth-order valence-corrected chi connectivity index (χ4v) is 4.17. The number of nitrogens with zero attached hydrogens (tertiary/aromatic N) is 2. The highest BCUT2D eigenvalue weighted by molar-refractivity contribution is 7.99. The number of piperidine rings is 1. The number of pyridine rings is 1. The first-order valence-electron chi connectivity index (χ1n) is 7.35. The van der Waals surface area contributed by atoms with Gasteiger partial charge in [0.1, 0.15) is 0 Å². The molecule has 19 heavy (non-hydrogen) atoms. The van der Waals surface area contributed by atoms with E-state index in [1.165, 1.54) is 49.4 Å². The van der Waals surface area contributed by atoms with Gasteiger partial charge < -0.3 is 5.32 Å². The van der Waals surface area contributed by atoms with Crippen LogP contribution in [0.1, 0.15) is 24.8 Å². The molecule has 3 heterocycles. The quantitative estimate of drug-likeness (QED) is 0.913. The maximum atomic E-state index is 4.08. The van der Waals surface area contributed by atoms with E-state index in [0.717, 1.165) is 18.6 Å². The summed E-state index contributed by atoms with van der Waals surface area (Å²) in [6.45, 7) is 3.52. The zero-order valence-corrected chi connectivity index (χ0v) is 12.2. The summed E-state index contributed by atoms with van der Waals surface area (Å²) >= 11 is 2.09. The first-order valence-corrected chi connectivity index (χ1v) is 8.51. The molecule has 3 rings (SSSR count). The monoisotopic (exact) mass is 277 g/mol. The SMILES string of the molecule is c1cc(CN2CCC(NC3CCSC3)CC2)ccn1. The fourth-order valence-electron chi connectivity index (χ4n) is 3.00. The zero-order valence-electron chi connectivity index (χ0n) is 11.4. The van der Waals surface area contributed by atoms with Gasteiger partial charge in [0.25, 0.3) is 0 Å². The Hall–Kier alpha value is -0.580. The molecule has 1 N–H and O–H groups in total. The molecule has 0 bridgehead atoms. The van der Waals surface area contributed by atoms with Gasteiger partial charge in [0, 0.05) is 36.8 Å². The van der Waals surface area contributed by atoms with E-state index in [0.29, 0.717) is 0 Å². The van der Waals surface area contributed by atoms with Crippen LogP contribution in [0.2, 0.25) is 0 Å². The standard InChI is InChI=1S/C15H23N3S/c1-6-16-7-2-13(1)11-18-8-3-14(4-9-18)17-15-5-10-19-12-15/h1-2,6-7,14-15,17H,3-5,8-12H2. The molecular formula is C15H23N3S. The molecule has 4 heteroatoms. The third-order valence-corrected chi connectivity index (χ3v) is 5.31. The molecule has 0 spiro atoms. The van der Waals surface area contributed by atoms with Crippen LogP contribution in [0.5, 0.6) is 0 Å². The average Bonchev–Trinajstić information content (AvgIpc) is 2.95. The highest BCUT2D eigenvalue weighted by Gasteiger charge is 2.23. The lowest BCUT2D eigenvalue weighted by Crippen LogP contribution is -2.46. The second kappa shape index (κ2) is 6.73. The van der Waals surface area contributed by atoms with Crippen LogP contribution < -0.4 is 5.32 Å². The first-order chi connectivity index (χ1) is 9.40. The summed E-state index contributed by atoms with van der Waals surface area (Å²) in [5.41, 5.74) is 1.38. The van der Waals surface area contributed by atoms with E-state index in [4.69, 9.17) is 0 Å². The lowest BCUT2D eigenvalue weighted by molar-refractivity contribution is 0.185. The molecule has 1 aromatic heterocycles. The molecule has 3 nitrogen and oxygen atoms in total. The summed E-state index contributed by atoms with van der Waals surface area (Å²) in [6, 6.07) is 5.78. The number of thioether (sulfide) groups is 1. The van der Waals surface area contributed by atoms with Gasteiger partial charge in [-0.25, -0.2) is 0 Å². The number of hydrogen-bond donors (Lipinski definition) is 1. The number of hydrogen-bond acceptors (Lipinski definition) is 4. The number of nitrogens with one attached hydrogen (secondary N) is 1. The van der Waals surface area contributed by atoms with Gasteiger partial charge in [-0.15, -0.1) is 0 Å². The van der Waals surface area contributed by atoms with E-state index in [-0.39, 0.29) is 0 Å². The van der Waals surface area contributed by atoms with Crippen LogP contribution in [0.15, 0.2) is 24.5 Å². The van der Waals surface area contributed by atoms with Crippen molar-refractivity contribution in [2.75, 3.05) is 24.6 Å². The topological polar surface area (TPSA) is 28.2 Å². The van der Waals surface area contributed by atoms with Gasteiger partial charge in [0.15, 0.2) is 0 Å². The predicted octanol–water partition coefficient (Wildman–Crippen LogP) is 2.14. The van der Waals surface area contributed by atoms with Crippen molar-refractivity contribution in [1.29, 1.82) is 0 Å². The maximum Gasteiger partial charge on any atom is 0.0271 e. The van der Waals surface area contributed by atoms with E-state index in [2.05, 4.69) is 39.1 Å². The van der Waals surface area contributed by atoms with Gasteiger partial charge in [-0.1, -0.05) is 0 Å². The summed E-state index contributed by atoms with van der Waals surface area (Å²) < 4.78 is 0. The minimum Gasteiger partial charge on any atom is -0.310 e. The number of likely N-dealkylation sites (tertiary alicyclic amines) is 1. The molecule has 2 fully saturated rings. The normalized spacial score (nSPS) is 25.8. The molecule has 0 aromatic carbocycles. The van der Waals surface area contributed by atoms with E-state index in [1.54, 1.807) is 0 Å². The lowest BCUT2D eigenvalue weighted by Gasteiger charge is -2.33. The molecule has 1 atom stereocenters. The van der Waals surface area contributed by atoms with Gasteiger partial charge in [-0.3, -0.25) is 9.88 Å². The van der Waals surface area contributed by atoms with Gasteiger partial charge in [0.2, 0.25) is 0 Å².